The lowest BCUT2D eigenvalue weighted by Gasteiger charge is -2.26. The minimum Gasteiger partial charge on any atom is -0.326 e. The van der Waals surface area contributed by atoms with Crippen molar-refractivity contribution in [3.05, 3.63) is 42.0 Å². The SMILES string of the molecule is CCC[C@@H]1NC(=O)N(C[NH+]2CC=C(c3ccccc3)CC2)C1=O. The normalized spacial score (nSPS) is 24.6. The third kappa shape index (κ3) is 3.45. The standard InChI is InChI=1S/C18H23N3O2/c1-2-6-16-17(22)21(18(23)19-16)13-20-11-9-15(10-12-20)14-7-4-3-5-8-14/h3-5,7-9,16H,2,6,10-13H2,1H3,(H,19,23)/p+1/t16-/m0/s1. The molecule has 1 aromatic carbocycles. The number of rotatable bonds is 5. The molecule has 23 heavy (non-hydrogen) atoms. The fourth-order valence-electron chi connectivity index (χ4n) is 3.28. The van der Waals surface area contributed by atoms with Crippen molar-refractivity contribution in [2.75, 3.05) is 19.8 Å². The highest BCUT2D eigenvalue weighted by Gasteiger charge is 2.39. The van der Waals surface area contributed by atoms with Crippen LogP contribution in [0.4, 0.5) is 4.79 Å². The van der Waals surface area contributed by atoms with E-state index in [1.54, 1.807) is 0 Å². The molecule has 2 atom stereocenters. The maximum atomic E-state index is 12.3. The van der Waals surface area contributed by atoms with Gasteiger partial charge in [0.25, 0.3) is 5.91 Å². The van der Waals surface area contributed by atoms with E-state index in [4.69, 9.17) is 0 Å². The predicted molar refractivity (Wildman–Crippen MR) is 88.7 cm³/mol. The number of imide groups is 1. The molecule has 1 fully saturated rings. The number of nitrogens with zero attached hydrogens (tertiary/aromatic N) is 1. The van der Waals surface area contributed by atoms with Gasteiger partial charge in [0.1, 0.15) is 6.04 Å². The van der Waals surface area contributed by atoms with Crippen molar-refractivity contribution in [3.8, 4) is 0 Å². The summed E-state index contributed by atoms with van der Waals surface area (Å²) in [4.78, 5) is 26.9. The first-order chi connectivity index (χ1) is 11.2. The van der Waals surface area contributed by atoms with Crippen molar-refractivity contribution in [2.45, 2.75) is 32.2 Å². The van der Waals surface area contributed by atoms with Crippen LogP contribution in [0.25, 0.3) is 5.57 Å². The van der Waals surface area contributed by atoms with Crippen molar-refractivity contribution in [2.24, 2.45) is 0 Å². The Morgan fingerprint density at radius 3 is 2.70 bits per heavy atom. The summed E-state index contributed by atoms with van der Waals surface area (Å²) in [5.74, 6) is -0.0674. The van der Waals surface area contributed by atoms with E-state index >= 15 is 0 Å². The summed E-state index contributed by atoms with van der Waals surface area (Å²) < 4.78 is 0. The highest BCUT2D eigenvalue weighted by molar-refractivity contribution is 6.04. The lowest BCUT2D eigenvalue weighted by molar-refractivity contribution is -0.902. The molecule has 1 aromatic rings. The highest BCUT2D eigenvalue weighted by atomic mass is 16.2. The number of urea groups is 1. The summed E-state index contributed by atoms with van der Waals surface area (Å²) in [6.07, 6.45) is 4.82. The average molecular weight is 314 g/mol. The molecule has 2 aliphatic heterocycles. The largest absolute Gasteiger partial charge is 0.329 e. The summed E-state index contributed by atoms with van der Waals surface area (Å²) in [6, 6.07) is 9.82. The van der Waals surface area contributed by atoms with E-state index in [1.165, 1.54) is 20.9 Å². The molecule has 122 valence electrons. The first-order valence-corrected chi connectivity index (χ1v) is 8.39. The van der Waals surface area contributed by atoms with Gasteiger partial charge in [-0.25, -0.2) is 9.69 Å². The van der Waals surface area contributed by atoms with E-state index in [9.17, 15) is 9.59 Å². The Morgan fingerprint density at radius 1 is 1.26 bits per heavy atom. The quantitative estimate of drug-likeness (QED) is 0.798. The molecule has 0 spiro atoms. The molecule has 2 aliphatic rings. The zero-order valence-electron chi connectivity index (χ0n) is 13.5. The topological polar surface area (TPSA) is 53.9 Å². The van der Waals surface area contributed by atoms with Gasteiger partial charge in [-0.1, -0.05) is 43.7 Å². The first-order valence-electron chi connectivity index (χ1n) is 8.39. The van der Waals surface area contributed by atoms with Crippen molar-refractivity contribution in [3.63, 3.8) is 0 Å². The monoisotopic (exact) mass is 314 g/mol. The molecule has 0 bridgehead atoms. The lowest BCUT2D eigenvalue weighted by atomic mass is 10.00. The Hall–Kier alpha value is -2.14. The fourth-order valence-corrected chi connectivity index (χ4v) is 3.28. The van der Waals surface area contributed by atoms with Crippen LogP contribution >= 0.6 is 0 Å². The van der Waals surface area contributed by atoms with Crippen LogP contribution in [0.3, 0.4) is 0 Å². The molecular weight excluding hydrogens is 290 g/mol. The predicted octanol–water partition coefficient (Wildman–Crippen LogP) is 1.04. The second-order valence-electron chi connectivity index (χ2n) is 6.26. The van der Waals surface area contributed by atoms with Crippen LogP contribution in [0.15, 0.2) is 36.4 Å². The van der Waals surface area contributed by atoms with Crippen LogP contribution in [0.5, 0.6) is 0 Å². The van der Waals surface area contributed by atoms with Crippen LogP contribution in [-0.2, 0) is 4.79 Å². The molecule has 5 nitrogen and oxygen atoms in total. The van der Waals surface area contributed by atoms with Crippen LogP contribution in [0.2, 0.25) is 0 Å². The highest BCUT2D eigenvalue weighted by Crippen LogP contribution is 2.18. The first kappa shape index (κ1) is 15.7. The zero-order valence-corrected chi connectivity index (χ0v) is 13.5. The number of carbonyl (C=O) groups excluding carboxylic acids is 2. The van der Waals surface area contributed by atoms with Gasteiger partial charge in [0.2, 0.25) is 0 Å². The van der Waals surface area contributed by atoms with E-state index < -0.39 is 0 Å². The molecular formula is C18H24N3O2+. The van der Waals surface area contributed by atoms with E-state index in [0.29, 0.717) is 13.1 Å². The number of amides is 3. The minimum atomic E-state index is -0.327. The molecule has 3 amide bonds. The van der Waals surface area contributed by atoms with Gasteiger partial charge in [0.15, 0.2) is 6.67 Å². The van der Waals surface area contributed by atoms with E-state index in [-0.39, 0.29) is 18.0 Å². The molecule has 0 aliphatic carbocycles. The molecule has 1 unspecified atom stereocenters. The minimum absolute atomic E-state index is 0.0674. The summed E-state index contributed by atoms with van der Waals surface area (Å²) in [6.45, 7) is 4.27. The summed E-state index contributed by atoms with van der Waals surface area (Å²) in [5, 5.41) is 2.79. The van der Waals surface area contributed by atoms with Crippen LogP contribution < -0.4 is 10.2 Å². The molecule has 3 rings (SSSR count). The summed E-state index contributed by atoms with van der Waals surface area (Å²) >= 11 is 0. The van der Waals surface area contributed by atoms with Crippen molar-refractivity contribution < 1.29 is 14.5 Å². The maximum Gasteiger partial charge on any atom is 0.329 e. The van der Waals surface area contributed by atoms with Gasteiger partial charge in [-0.05, 0) is 23.6 Å². The fraction of sp³-hybridized carbons (Fsp3) is 0.444. The van der Waals surface area contributed by atoms with Gasteiger partial charge >= 0.3 is 6.03 Å². The Labute approximate surface area is 137 Å². The van der Waals surface area contributed by atoms with Gasteiger partial charge in [0, 0.05) is 6.42 Å². The number of hydrogen-bond donors (Lipinski definition) is 2. The van der Waals surface area contributed by atoms with E-state index in [2.05, 4.69) is 35.7 Å². The molecule has 2 N–H and O–H groups in total. The molecule has 1 saturated heterocycles. The Kier molecular flexibility index (Phi) is 4.76. The van der Waals surface area contributed by atoms with Crippen LogP contribution in [-0.4, -0.2) is 42.6 Å². The Balaban J connectivity index is 1.59. The average Bonchev–Trinajstić information content (AvgIpc) is 2.84. The molecule has 0 aromatic heterocycles. The van der Waals surface area contributed by atoms with Crippen molar-refractivity contribution in [1.29, 1.82) is 0 Å². The van der Waals surface area contributed by atoms with Crippen molar-refractivity contribution >= 4 is 17.5 Å². The van der Waals surface area contributed by atoms with Crippen molar-refractivity contribution in [1.82, 2.24) is 10.2 Å². The second-order valence-corrected chi connectivity index (χ2v) is 6.26. The van der Waals surface area contributed by atoms with Gasteiger partial charge < -0.3 is 10.2 Å². The van der Waals surface area contributed by atoms with E-state index in [1.807, 2.05) is 13.0 Å². The number of hydrogen-bond acceptors (Lipinski definition) is 2. The Bertz CT molecular complexity index is 612. The molecule has 0 saturated carbocycles. The van der Waals surface area contributed by atoms with Gasteiger partial charge in [-0.15, -0.1) is 0 Å². The van der Waals surface area contributed by atoms with Gasteiger partial charge in [-0.3, -0.25) is 4.79 Å². The number of benzene rings is 1. The summed E-state index contributed by atoms with van der Waals surface area (Å²) in [5.41, 5.74) is 2.62. The second kappa shape index (κ2) is 6.96. The molecule has 0 radical (unpaired) electrons. The molecule has 2 heterocycles. The van der Waals surface area contributed by atoms with Gasteiger partial charge in [0.05, 0.1) is 13.1 Å². The smallest absolute Gasteiger partial charge is 0.326 e. The third-order valence-electron chi connectivity index (χ3n) is 4.60. The number of nitrogens with one attached hydrogen (secondary N) is 2. The third-order valence-corrected chi connectivity index (χ3v) is 4.60. The number of quaternary nitrogens is 1. The zero-order chi connectivity index (χ0) is 16.2. The Morgan fingerprint density at radius 2 is 2.04 bits per heavy atom. The van der Waals surface area contributed by atoms with E-state index in [0.717, 1.165) is 25.9 Å². The maximum absolute atomic E-state index is 12.3. The number of carbonyl (C=O) groups is 2. The van der Waals surface area contributed by atoms with Crippen LogP contribution in [0, 0.1) is 0 Å². The summed E-state index contributed by atoms with van der Waals surface area (Å²) in [7, 11) is 0. The van der Waals surface area contributed by atoms with Crippen LogP contribution in [0.1, 0.15) is 31.7 Å². The van der Waals surface area contributed by atoms with Gasteiger partial charge in [-0.2, -0.15) is 0 Å². The molecule has 5 heteroatoms. The lowest BCUT2D eigenvalue weighted by Crippen LogP contribution is -3.14.